The summed E-state index contributed by atoms with van der Waals surface area (Å²) in [7, 11) is 0. The van der Waals surface area contributed by atoms with E-state index in [4.69, 9.17) is 11.6 Å². The van der Waals surface area contributed by atoms with Crippen molar-refractivity contribution in [3.63, 3.8) is 0 Å². The fourth-order valence-electron chi connectivity index (χ4n) is 1.34. The normalized spacial score (nSPS) is 11.8. The summed E-state index contributed by atoms with van der Waals surface area (Å²) in [5.74, 6) is -0.513. The minimum absolute atomic E-state index is 0.240. The largest absolute Gasteiger partial charge is 0.345 e. The lowest BCUT2D eigenvalue weighted by molar-refractivity contribution is -0.124. The second kappa shape index (κ2) is 5.68. The van der Waals surface area contributed by atoms with Crippen LogP contribution in [0.3, 0.4) is 0 Å². The Hall–Kier alpha value is -1.55. The quantitative estimate of drug-likeness (QED) is 0.868. The first-order valence-electron chi connectivity index (χ1n) is 5.24. The van der Waals surface area contributed by atoms with Gasteiger partial charge in [0.25, 0.3) is 0 Å². The van der Waals surface area contributed by atoms with Crippen LogP contribution in [0.5, 0.6) is 0 Å². The lowest BCUT2D eigenvalue weighted by Gasteiger charge is -2.14. The van der Waals surface area contributed by atoms with Crippen molar-refractivity contribution in [1.29, 1.82) is 0 Å². The summed E-state index contributed by atoms with van der Waals surface area (Å²) in [6, 6.07) is 4.67. The molecular weight excluding hydrogens is 240 g/mol. The van der Waals surface area contributed by atoms with Crippen molar-refractivity contribution in [2.45, 2.75) is 26.8 Å². The van der Waals surface area contributed by atoms with E-state index in [0.29, 0.717) is 10.7 Å². The molecule has 0 spiro atoms. The van der Waals surface area contributed by atoms with Gasteiger partial charge in [-0.05, 0) is 31.5 Å². The molecule has 0 saturated heterocycles. The number of rotatable bonds is 3. The van der Waals surface area contributed by atoms with Gasteiger partial charge >= 0.3 is 0 Å². The molecule has 1 rings (SSSR count). The van der Waals surface area contributed by atoms with Crippen molar-refractivity contribution in [1.82, 2.24) is 5.32 Å². The molecule has 0 radical (unpaired) electrons. The third-order valence-electron chi connectivity index (χ3n) is 2.27. The Morgan fingerprint density at radius 1 is 1.35 bits per heavy atom. The topological polar surface area (TPSA) is 58.2 Å². The van der Waals surface area contributed by atoms with Gasteiger partial charge in [-0.3, -0.25) is 9.59 Å². The van der Waals surface area contributed by atoms with Crippen LogP contribution in [-0.4, -0.2) is 17.9 Å². The van der Waals surface area contributed by atoms with Gasteiger partial charge in [-0.1, -0.05) is 17.7 Å². The summed E-state index contributed by atoms with van der Waals surface area (Å²) in [6.07, 6.45) is 0. The van der Waals surface area contributed by atoms with E-state index in [1.807, 2.05) is 13.0 Å². The number of halogens is 1. The van der Waals surface area contributed by atoms with Crippen molar-refractivity contribution >= 4 is 29.1 Å². The molecule has 1 unspecified atom stereocenters. The number of hydrogen-bond donors (Lipinski definition) is 2. The lowest BCUT2D eigenvalue weighted by Crippen LogP contribution is -2.40. The first-order valence-corrected chi connectivity index (χ1v) is 5.62. The minimum atomic E-state index is -0.578. The van der Waals surface area contributed by atoms with Gasteiger partial charge in [0, 0.05) is 17.6 Å². The summed E-state index contributed by atoms with van der Waals surface area (Å²) in [6.45, 7) is 4.86. The molecular formula is C12H15ClN2O2. The zero-order valence-electron chi connectivity index (χ0n) is 10.0. The predicted molar refractivity (Wildman–Crippen MR) is 68.1 cm³/mol. The van der Waals surface area contributed by atoms with Gasteiger partial charge in [-0.15, -0.1) is 0 Å². The molecule has 17 heavy (non-hydrogen) atoms. The molecule has 5 heteroatoms. The average Bonchev–Trinajstić information content (AvgIpc) is 2.22. The summed E-state index contributed by atoms with van der Waals surface area (Å²) in [5, 5.41) is 5.78. The van der Waals surface area contributed by atoms with Crippen LogP contribution in [0.1, 0.15) is 19.4 Å². The fraction of sp³-hybridized carbons (Fsp3) is 0.333. The maximum absolute atomic E-state index is 11.7. The van der Waals surface area contributed by atoms with Crippen LogP contribution >= 0.6 is 11.6 Å². The number of hydrogen-bond acceptors (Lipinski definition) is 2. The van der Waals surface area contributed by atoms with Crippen LogP contribution in [-0.2, 0) is 9.59 Å². The molecule has 1 atom stereocenters. The monoisotopic (exact) mass is 254 g/mol. The number of carbonyl (C=O) groups excluding carboxylic acids is 2. The molecule has 0 heterocycles. The second-order valence-corrected chi connectivity index (χ2v) is 4.31. The molecule has 0 saturated carbocycles. The molecule has 0 aromatic heterocycles. The van der Waals surface area contributed by atoms with E-state index in [0.717, 1.165) is 5.56 Å². The molecule has 1 aromatic rings. The third-order valence-corrected chi connectivity index (χ3v) is 2.51. The average molecular weight is 255 g/mol. The van der Waals surface area contributed by atoms with Crippen molar-refractivity contribution in [3.05, 3.63) is 28.8 Å². The third kappa shape index (κ3) is 4.07. The molecule has 0 aliphatic heterocycles. The molecule has 0 aliphatic rings. The molecule has 2 N–H and O–H groups in total. The van der Waals surface area contributed by atoms with Crippen LogP contribution in [0.25, 0.3) is 0 Å². The van der Waals surface area contributed by atoms with Gasteiger partial charge in [0.15, 0.2) is 0 Å². The van der Waals surface area contributed by atoms with Gasteiger partial charge < -0.3 is 10.6 Å². The van der Waals surface area contributed by atoms with Gasteiger partial charge in [0.2, 0.25) is 11.8 Å². The van der Waals surface area contributed by atoms with Gasteiger partial charge in [0.05, 0.1) is 0 Å². The second-order valence-electron chi connectivity index (χ2n) is 3.87. The van der Waals surface area contributed by atoms with Crippen LogP contribution in [0, 0.1) is 6.92 Å². The van der Waals surface area contributed by atoms with E-state index in [9.17, 15) is 9.59 Å². The Bertz CT molecular complexity index is 446. The standard InChI is InChI=1S/C12H15ClN2O2/c1-7-4-5-10(13)6-11(7)15-12(17)8(2)14-9(3)16/h4-6,8H,1-3H3,(H,14,16)(H,15,17). The highest BCUT2D eigenvalue weighted by atomic mass is 35.5. The zero-order chi connectivity index (χ0) is 13.0. The predicted octanol–water partition coefficient (Wildman–Crippen LogP) is 2.11. The number of anilines is 1. The number of benzene rings is 1. The Kier molecular flexibility index (Phi) is 4.52. The van der Waals surface area contributed by atoms with Gasteiger partial charge in [-0.2, -0.15) is 0 Å². The first-order chi connectivity index (χ1) is 7.90. The Morgan fingerprint density at radius 2 is 2.00 bits per heavy atom. The summed E-state index contributed by atoms with van der Waals surface area (Å²) in [4.78, 5) is 22.6. The van der Waals surface area contributed by atoms with Crippen LogP contribution < -0.4 is 10.6 Å². The molecule has 0 aliphatic carbocycles. The van der Waals surface area contributed by atoms with Crippen LogP contribution in [0.2, 0.25) is 5.02 Å². The molecule has 0 bridgehead atoms. The van der Waals surface area contributed by atoms with Gasteiger partial charge in [-0.25, -0.2) is 0 Å². The van der Waals surface area contributed by atoms with E-state index in [-0.39, 0.29) is 11.8 Å². The maximum Gasteiger partial charge on any atom is 0.246 e. The van der Waals surface area contributed by atoms with E-state index < -0.39 is 6.04 Å². The van der Waals surface area contributed by atoms with E-state index in [2.05, 4.69) is 10.6 Å². The van der Waals surface area contributed by atoms with Crippen LogP contribution in [0.15, 0.2) is 18.2 Å². The summed E-state index contributed by atoms with van der Waals surface area (Å²) >= 11 is 5.84. The molecule has 92 valence electrons. The molecule has 4 nitrogen and oxygen atoms in total. The SMILES string of the molecule is CC(=O)NC(C)C(=O)Nc1cc(Cl)ccc1C. The Morgan fingerprint density at radius 3 is 2.59 bits per heavy atom. The van der Waals surface area contributed by atoms with Crippen molar-refractivity contribution < 1.29 is 9.59 Å². The molecule has 2 amide bonds. The van der Waals surface area contributed by atoms with Crippen molar-refractivity contribution in [3.8, 4) is 0 Å². The lowest BCUT2D eigenvalue weighted by atomic mass is 10.2. The number of nitrogens with one attached hydrogen (secondary N) is 2. The zero-order valence-corrected chi connectivity index (χ0v) is 10.8. The smallest absolute Gasteiger partial charge is 0.246 e. The van der Waals surface area contributed by atoms with Crippen LogP contribution in [0.4, 0.5) is 5.69 Å². The van der Waals surface area contributed by atoms with Crippen molar-refractivity contribution in [2.24, 2.45) is 0 Å². The number of aryl methyl sites for hydroxylation is 1. The molecule has 0 fully saturated rings. The Balaban J connectivity index is 2.73. The van der Waals surface area contributed by atoms with E-state index in [1.165, 1.54) is 6.92 Å². The van der Waals surface area contributed by atoms with E-state index in [1.54, 1.807) is 19.1 Å². The molecule has 1 aromatic carbocycles. The highest BCUT2D eigenvalue weighted by Crippen LogP contribution is 2.20. The fourth-order valence-corrected chi connectivity index (χ4v) is 1.51. The number of carbonyl (C=O) groups is 2. The highest BCUT2D eigenvalue weighted by Gasteiger charge is 2.14. The summed E-state index contributed by atoms with van der Waals surface area (Å²) < 4.78 is 0. The number of amides is 2. The highest BCUT2D eigenvalue weighted by molar-refractivity contribution is 6.31. The minimum Gasteiger partial charge on any atom is -0.345 e. The first kappa shape index (κ1) is 13.5. The summed E-state index contributed by atoms with van der Waals surface area (Å²) in [5.41, 5.74) is 1.57. The van der Waals surface area contributed by atoms with Gasteiger partial charge in [0.1, 0.15) is 6.04 Å². The maximum atomic E-state index is 11.7. The Labute approximate surface area is 105 Å². The van der Waals surface area contributed by atoms with Crippen molar-refractivity contribution in [2.75, 3.05) is 5.32 Å². The van der Waals surface area contributed by atoms with E-state index >= 15 is 0 Å².